The third-order valence-corrected chi connectivity index (χ3v) is 8.17. The van der Waals surface area contributed by atoms with Crippen LogP contribution in [0.1, 0.15) is 23.6 Å². The van der Waals surface area contributed by atoms with Gasteiger partial charge in [-0.15, -0.1) is 11.3 Å². The van der Waals surface area contributed by atoms with E-state index in [9.17, 15) is 4.79 Å². The van der Waals surface area contributed by atoms with Crippen molar-refractivity contribution < 1.29 is 19.0 Å². The number of nitrogens with one attached hydrogen (secondary N) is 1. The van der Waals surface area contributed by atoms with Crippen molar-refractivity contribution in [2.45, 2.75) is 18.9 Å². The van der Waals surface area contributed by atoms with Crippen molar-refractivity contribution in [1.29, 1.82) is 0 Å². The smallest absolute Gasteiger partial charge is 0.293 e. The number of aryl methyl sites for hydroxylation is 1. The number of hydrogen-bond donors (Lipinski definition) is 1. The molecule has 0 fully saturated rings. The number of nitrogens with zero attached hydrogens (tertiary/aromatic N) is 1. The van der Waals surface area contributed by atoms with Crippen molar-refractivity contribution in [2.75, 3.05) is 18.7 Å². The fraction of sp³-hybridized carbons (Fsp3) is 0.231. The highest BCUT2D eigenvalue weighted by molar-refractivity contribution is 9.10. The zero-order valence-electron chi connectivity index (χ0n) is 18.1. The second kappa shape index (κ2) is 8.92. The quantitative estimate of drug-likeness (QED) is 0.290. The number of fused-ring (bicyclic) bond motifs is 3. The largest absolute Gasteiger partial charge is 0.468 e. The number of halogens is 1. The minimum Gasteiger partial charge on any atom is -0.468 e. The molecule has 2 atom stereocenters. The van der Waals surface area contributed by atoms with E-state index >= 15 is 0 Å². The maximum Gasteiger partial charge on any atom is 0.293 e. The molecule has 0 radical (unpaired) electrons. The Morgan fingerprint density at radius 2 is 2.00 bits per heavy atom. The Bertz CT molecular complexity index is 1360. The maximum atomic E-state index is 10.9. The first-order valence-electron chi connectivity index (χ1n) is 11.1. The predicted octanol–water partition coefficient (Wildman–Crippen LogP) is 6.34. The summed E-state index contributed by atoms with van der Waals surface area (Å²) in [4.78, 5) is 15.7. The standard InChI is InChI=1S/C26H21BrN2O4S/c27-19-9-16(26-29-21-3-1-2-4-24(21)34-26)7-8-20(19)28-25-17(12-31-13-30)6-5-15-10-22-23(11-18(15)25)33-14-32-22/h1-4,7-11,13,17,25,28H,5-6,12,14H2. The third kappa shape index (κ3) is 3.91. The molecule has 1 N–H and O–H groups in total. The molecule has 0 saturated carbocycles. The molecule has 8 heteroatoms. The lowest BCUT2D eigenvalue weighted by Crippen LogP contribution is -2.30. The van der Waals surface area contributed by atoms with Crippen LogP contribution in [0.15, 0.2) is 59.1 Å². The van der Waals surface area contributed by atoms with Gasteiger partial charge in [0.1, 0.15) is 5.01 Å². The molecule has 4 aromatic rings. The van der Waals surface area contributed by atoms with Gasteiger partial charge in [0.15, 0.2) is 11.5 Å². The number of ether oxygens (including phenoxy) is 3. The lowest BCUT2D eigenvalue weighted by molar-refractivity contribution is -0.130. The molecule has 34 heavy (non-hydrogen) atoms. The van der Waals surface area contributed by atoms with Gasteiger partial charge < -0.3 is 19.5 Å². The topological polar surface area (TPSA) is 69.7 Å². The van der Waals surface area contributed by atoms with Crippen LogP contribution >= 0.6 is 27.3 Å². The van der Waals surface area contributed by atoms with E-state index in [1.807, 2.05) is 18.2 Å². The molecule has 1 aliphatic heterocycles. The Hall–Kier alpha value is -3.10. The second-order valence-corrected chi connectivity index (χ2v) is 10.3. The number of hydrogen-bond acceptors (Lipinski definition) is 7. The molecule has 0 saturated heterocycles. The van der Waals surface area contributed by atoms with E-state index in [-0.39, 0.29) is 18.8 Å². The minimum atomic E-state index is -0.0391. The summed E-state index contributed by atoms with van der Waals surface area (Å²) in [5.41, 5.74) is 5.42. The first-order chi connectivity index (χ1) is 16.7. The van der Waals surface area contributed by atoms with Crippen molar-refractivity contribution in [1.82, 2.24) is 4.98 Å². The molecule has 0 spiro atoms. The molecule has 6 rings (SSSR count). The Balaban J connectivity index is 1.33. The van der Waals surface area contributed by atoms with Crippen LogP contribution in [-0.4, -0.2) is 24.9 Å². The lowest BCUT2D eigenvalue weighted by atomic mass is 9.79. The van der Waals surface area contributed by atoms with Crippen molar-refractivity contribution in [2.24, 2.45) is 5.92 Å². The van der Waals surface area contributed by atoms with E-state index in [4.69, 9.17) is 19.2 Å². The number of thiazole rings is 1. The first kappa shape index (κ1) is 21.4. The second-order valence-electron chi connectivity index (χ2n) is 8.44. The van der Waals surface area contributed by atoms with Gasteiger partial charge in [0.05, 0.1) is 22.9 Å². The molecular weight excluding hydrogens is 516 g/mol. The van der Waals surface area contributed by atoms with Gasteiger partial charge in [0.25, 0.3) is 6.47 Å². The number of benzene rings is 3. The fourth-order valence-electron chi connectivity index (χ4n) is 4.73. The lowest BCUT2D eigenvalue weighted by Gasteiger charge is -2.34. The van der Waals surface area contributed by atoms with E-state index in [2.05, 4.69) is 57.6 Å². The highest BCUT2D eigenvalue weighted by Crippen LogP contribution is 2.45. The van der Waals surface area contributed by atoms with Gasteiger partial charge in [-0.3, -0.25) is 4.79 Å². The summed E-state index contributed by atoms with van der Waals surface area (Å²) in [5.74, 6) is 1.68. The monoisotopic (exact) mass is 536 g/mol. The van der Waals surface area contributed by atoms with Crippen molar-refractivity contribution in [3.05, 3.63) is 70.2 Å². The Labute approximate surface area is 209 Å². The number of carbonyl (C=O) groups excluding carboxylic acids is 1. The minimum absolute atomic E-state index is 0.0391. The van der Waals surface area contributed by atoms with Crippen LogP contribution in [0.3, 0.4) is 0 Å². The van der Waals surface area contributed by atoms with Gasteiger partial charge in [-0.1, -0.05) is 12.1 Å². The maximum absolute atomic E-state index is 10.9. The zero-order chi connectivity index (χ0) is 23.1. The highest BCUT2D eigenvalue weighted by Gasteiger charge is 2.33. The van der Waals surface area contributed by atoms with Crippen LogP contribution in [0.25, 0.3) is 20.8 Å². The van der Waals surface area contributed by atoms with Gasteiger partial charge in [0, 0.05) is 21.6 Å². The molecule has 2 unspecified atom stereocenters. The average molecular weight is 537 g/mol. The number of aromatic nitrogens is 1. The SMILES string of the molecule is O=COCC1CCc2cc3c(cc2C1Nc1ccc(-c2nc4ccccc4s2)cc1Br)OCO3. The highest BCUT2D eigenvalue weighted by atomic mass is 79.9. The van der Waals surface area contributed by atoms with Crippen LogP contribution in [0, 0.1) is 5.92 Å². The molecule has 0 bridgehead atoms. The van der Waals surface area contributed by atoms with Crippen molar-refractivity contribution in [3.63, 3.8) is 0 Å². The van der Waals surface area contributed by atoms with Gasteiger partial charge in [-0.25, -0.2) is 4.98 Å². The summed E-state index contributed by atoms with van der Waals surface area (Å²) >= 11 is 5.44. The van der Waals surface area contributed by atoms with E-state index in [0.29, 0.717) is 13.1 Å². The van der Waals surface area contributed by atoms with E-state index in [1.165, 1.54) is 10.3 Å². The zero-order valence-corrected chi connectivity index (χ0v) is 20.5. The van der Waals surface area contributed by atoms with Gasteiger partial charge in [-0.05, 0) is 82.4 Å². The number of para-hydroxylation sites is 1. The van der Waals surface area contributed by atoms with Gasteiger partial charge in [0.2, 0.25) is 6.79 Å². The van der Waals surface area contributed by atoms with Crippen LogP contribution < -0.4 is 14.8 Å². The molecular formula is C26H21BrN2O4S. The third-order valence-electron chi connectivity index (χ3n) is 6.42. The summed E-state index contributed by atoms with van der Waals surface area (Å²) in [5, 5.41) is 4.69. The van der Waals surface area contributed by atoms with Gasteiger partial charge in [-0.2, -0.15) is 0 Å². The van der Waals surface area contributed by atoms with Gasteiger partial charge >= 0.3 is 0 Å². The molecule has 1 aromatic heterocycles. The van der Waals surface area contributed by atoms with Crippen LogP contribution in [-0.2, 0) is 16.0 Å². The summed E-state index contributed by atoms with van der Waals surface area (Å²) in [6.45, 7) is 1.12. The molecule has 172 valence electrons. The van der Waals surface area contributed by atoms with Crippen LogP contribution in [0.2, 0.25) is 0 Å². The normalized spacial score (nSPS) is 18.5. The van der Waals surface area contributed by atoms with Crippen molar-refractivity contribution in [3.8, 4) is 22.1 Å². The summed E-state index contributed by atoms with van der Waals surface area (Å²) in [7, 11) is 0. The molecule has 2 aliphatic rings. The average Bonchev–Trinajstić information content (AvgIpc) is 3.50. The number of carbonyl (C=O) groups is 1. The number of anilines is 1. The Kier molecular flexibility index (Phi) is 5.63. The molecule has 2 heterocycles. The number of rotatable bonds is 6. The molecule has 6 nitrogen and oxygen atoms in total. The molecule has 3 aromatic carbocycles. The van der Waals surface area contributed by atoms with Crippen LogP contribution in [0.4, 0.5) is 5.69 Å². The summed E-state index contributed by atoms with van der Waals surface area (Å²) in [6.07, 6.45) is 1.80. The Morgan fingerprint density at radius 1 is 1.15 bits per heavy atom. The summed E-state index contributed by atoms with van der Waals surface area (Å²) < 4.78 is 18.5. The first-order valence-corrected chi connectivity index (χ1v) is 12.7. The van der Waals surface area contributed by atoms with E-state index in [1.54, 1.807) is 11.3 Å². The van der Waals surface area contributed by atoms with Crippen LogP contribution in [0.5, 0.6) is 11.5 Å². The van der Waals surface area contributed by atoms with E-state index < -0.39 is 0 Å². The van der Waals surface area contributed by atoms with Crippen molar-refractivity contribution >= 4 is 49.6 Å². The molecule has 1 aliphatic carbocycles. The predicted molar refractivity (Wildman–Crippen MR) is 136 cm³/mol. The molecule has 0 amide bonds. The Morgan fingerprint density at radius 3 is 2.82 bits per heavy atom. The summed E-state index contributed by atoms with van der Waals surface area (Å²) in [6, 6.07) is 18.5. The van der Waals surface area contributed by atoms with E-state index in [0.717, 1.165) is 56.2 Å². The fourth-order valence-corrected chi connectivity index (χ4v) is 6.19.